The average molecular weight is 343 g/mol. The Balaban J connectivity index is 2.02. The molecule has 8 nitrogen and oxygen atoms in total. The summed E-state index contributed by atoms with van der Waals surface area (Å²) in [5.74, 6) is -0.479. The van der Waals surface area contributed by atoms with E-state index in [4.69, 9.17) is 4.74 Å². The Bertz CT molecular complexity index is 820. The van der Waals surface area contributed by atoms with E-state index in [9.17, 15) is 19.7 Å². The second-order valence-electron chi connectivity index (χ2n) is 5.20. The number of aryl methyl sites for hydroxylation is 1. The van der Waals surface area contributed by atoms with E-state index in [1.807, 2.05) is 0 Å². The molecule has 0 atom stereocenters. The van der Waals surface area contributed by atoms with Crippen molar-refractivity contribution in [3.8, 4) is 5.75 Å². The van der Waals surface area contributed by atoms with E-state index in [1.165, 1.54) is 31.3 Å². The molecule has 0 aromatic heterocycles. The summed E-state index contributed by atoms with van der Waals surface area (Å²) in [5.41, 5.74) is 1.58. The van der Waals surface area contributed by atoms with Gasteiger partial charge in [0.2, 0.25) is 0 Å². The zero-order chi connectivity index (χ0) is 18.4. The Hall–Kier alpha value is -3.42. The van der Waals surface area contributed by atoms with Gasteiger partial charge in [-0.2, -0.15) is 0 Å². The summed E-state index contributed by atoms with van der Waals surface area (Å²) in [6.07, 6.45) is 0. The summed E-state index contributed by atoms with van der Waals surface area (Å²) in [6.45, 7) is 1.48. The second kappa shape index (κ2) is 7.91. The molecule has 0 fully saturated rings. The number of hydrogen-bond donors (Lipinski definition) is 2. The number of hydrogen-bond acceptors (Lipinski definition) is 5. The van der Waals surface area contributed by atoms with Gasteiger partial charge >= 0.3 is 0 Å². The van der Waals surface area contributed by atoms with Crippen LogP contribution in [0.5, 0.6) is 5.75 Å². The molecule has 0 saturated carbocycles. The van der Waals surface area contributed by atoms with Crippen molar-refractivity contribution < 1.29 is 19.2 Å². The van der Waals surface area contributed by atoms with Crippen LogP contribution >= 0.6 is 0 Å². The number of nitrogens with one attached hydrogen (secondary N) is 2. The first-order valence-electron chi connectivity index (χ1n) is 7.40. The Morgan fingerprint density at radius 2 is 1.96 bits per heavy atom. The number of nitro groups is 1. The molecule has 0 unspecified atom stereocenters. The lowest BCUT2D eigenvalue weighted by atomic mass is 10.1. The van der Waals surface area contributed by atoms with E-state index in [1.54, 1.807) is 25.1 Å². The summed E-state index contributed by atoms with van der Waals surface area (Å²) in [4.78, 5) is 33.9. The molecule has 0 heterocycles. The highest BCUT2D eigenvalue weighted by Gasteiger charge is 2.11. The molecular formula is C17H17N3O5. The van der Waals surface area contributed by atoms with E-state index >= 15 is 0 Å². The van der Waals surface area contributed by atoms with Crippen LogP contribution in [0.15, 0.2) is 42.5 Å². The van der Waals surface area contributed by atoms with Crippen LogP contribution in [0.2, 0.25) is 0 Å². The third-order valence-corrected chi connectivity index (χ3v) is 3.40. The zero-order valence-electron chi connectivity index (χ0n) is 13.7. The van der Waals surface area contributed by atoms with Gasteiger partial charge in [0.25, 0.3) is 17.5 Å². The monoisotopic (exact) mass is 343 g/mol. The largest absolute Gasteiger partial charge is 0.484 e. The van der Waals surface area contributed by atoms with Gasteiger partial charge in [0.15, 0.2) is 6.61 Å². The predicted molar refractivity (Wildman–Crippen MR) is 91.8 cm³/mol. The molecule has 2 aromatic carbocycles. The van der Waals surface area contributed by atoms with Gasteiger partial charge in [-0.25, -0.2) is 0 Å². The first-order valence-corrected chi connectivity index (χ1v) is 7.40. The van der Waals surface area contributed by atoms with Gasteiger partial charge in [0, 0.05) is 24.4 Å². The molecule has 0 spiro atoms. The van der Waals surface area contributed by atoms with E-state index < -0.39 is 10.8 Å². The van der Waals surface area contributed by atoms with Crippen LogP contribution in [0.1, 0.15) is 15.9 Å². The molecule has 0 bridgehead atoms. The fourth-order valence-corrected chi connectivity index (χ4v) is 2.06. The lowest BCUT2D eigenvalue weighted by Gasteiger charge is -2.11. The number of carbonyl (C=O) groups excluding carboxylic acids is 2. The van der Waals surface area contributed by atoms with Gasteiger partial charge in [-0.3, -0.25) is 19.7 Å². The van der Waals surface area contributed by atoms with Gasteiger partial charge in [0.1, 0.15) is 5.75 Å². The molecule has 0 aliphatic carbocycles. The SMILES string of the molecule is CNC(=O)c1ccc(C)c(NC(=O)COc2cccc([N+](=O)[O-])c2)c1. The van der Waals surface area contributed by atoms with Crippen molar-refractivity contribution in [2.75, 3.05) is 19.0 Å². The third kappa shape index (κ3) is 4.77. The number of ether oxygens (including phenoxy) is 1. The first-order chi connectivity index (χ1) is 11.9. The average Bonchev–Trinajstić information content (AvgIpc) is 2.61. The molecule has 0 aliphatic rings. The summed E-state index contributed by atoms with van der Waals surface area (Å²) in [6, 6.07) is 10.5. The normalized spacial score (nSPS) is 10.0. The second-order valence-corrected chi connectivity index (χ2v) is 5.20. The molecule has 0 aliphatic heterocycles. The molecule has 0 radical (unpaired) electrons. The van der Waals surface area contributed by atoms with Gasteiger partial charge in [-0.15, -0.1) is 0 Å². The van der Waals surface area contributed by atoms with E-state index in [0.29, 0.717) is 11.3 Å². The molecular weight excluding hydrogens is 326 g/mol. The maximum Gasteiger partial charge on any atom is 0.273 e. The van der Waals surface area contributed by atoms with Gasteiger partial charge in [-0.1, -0.05) is 12.1 Å². The fraction of sp³-hybridized carbons (Fsp3) is 0.176. The topological polar surface area (TPSA) is 111 Å². The third-order valence-electron chi connectivity index (χ3n) is 3.40. The number of nitrogens with zero attached hydrogens (tertiary/aromatic N) is 1. The highest BCUT2D eigenvalue weighted by Crippen LogP contribution is 2.20. The molecule has 2 aromatic rings. The van der Waals surface area contributed by atoms with Crippen molar-refractivity contribution >= 4 is 23.2 Å². The number of nitro benzene ring substituents is 1. The molecule has 2 rings (SSSR count). The van der Waals surface area contributed by atoms with Crippen LogP contribution in [0.4, 0.5) is 11.4 Å². The van der Waals surface area contributed by atoms with Crippen LogP contribution in [0.3, 0.4) is 0 Å². The summed E-state index contributed by atoms with van der Waals surface area (Å²) in [7, 11) is 1.52. The summed E-state index contributed by atoms with van der Waals surface area (Å²) in [5, 5.41) is 15.9. The van der Waals surface area contributed by atoms with Gasteiger partial charge < -0.3 is 15.4 Å². The number of carbonyl (C=O) groups is 2. The number of amides is 2. The Morgan fingerprint density at radius 3 is 2.64 bits per heavy atom. The van der Waals surface area contributed by atoms with Crippen molar-refractivity contribution in [2.45, 2.75) is 6.92 Å². The highest BCUT2D eigenvalue weighted by molar-refractivity contribution is 5.98. The Labute approximate surface area is 144 Å². The molecule has 8 heteroatoms. The minimum atomic E-state index is -0.541. The quantitative estimate of drug-likeness (QED) is 0.617. The van der Waals surface area contributed by atoms with Crippen LogP contribution in [-0.2, 0) is 4.79 Å². The Kier molecular flexibility index (Phi) is 5.67. The van der Waals surface area contributed by atoms with E-state index in [-0.39, 0.29) is 24.0 Å². The number of benzene rings is 2. The summed E-state index contributed by atoms with van der Waals surface area (Å²) < 4.78 is 5.27. The van der Waals surface area contributed by atoms with Gasteiger partial charge in [0.05, 0.1) is 11.0 Å². The van der Waals surface area contributed by atoms with Crippen molar-refractivity contribution in [3.05, 3.63) is 63.7 Å². The number of anilines is 1. The smallest absolute Gasteiger partial charge is 0.273 e. The van der Waals surface area contributed by atoms with Crippen molar-refractivity contribution in [3.63, 3.8) is 0 Å². The Morgan fingerprint density at radius 1 is 1.20 bits per heavy atom. The molecule has 130 valence electrons. The predicted octanol–water partition coefficient (Wildman–Crippen LogP) is 2.28. The summed E-state index contributed by atoms with van der Waals surface area (Å²) >= 11 is 0. The lowest BCUT2D eigenvalue weighted by Crippen LogP contribution is -2.22. The van der Waals surface area contributed by atoms with Crippen molar-refractivity contribution in [1.29, 1.82) is 0 Å². The maximum absolute atomic E-state index is 12.0. The standard InChI is InChI=1S/C17H17N3O5/c1-11-6-7-12(17(22)18-2)8-15(11)19-16(21)10-25-14-5-3-4-13(9-14)20(23)24/h3-9H,10H2,1-2H3,(H,18,22)(H,19,21). The van der Waals surface area contributed by atoms with Crippen LogP contribution in [-0.4, -0.2) is 30.4 Å². The zero-order valence-corrected chi connectivity index (χ0v) is 13.7. The molecule has 2 N–H and O–H groups in total. The molecule has 25 heavy (non-hydrogen) atoms. The van der Waals surface area contributed by atoms with E-state index in [2.05, 4.69) is 10.6 Å². The van der Waals surface area contributed by atoms with E-state index in [0.717, 1.165) is 5.56 Å². The molecule has 2 amide bonds. The first kappa shape index (κ1) is 17.9. The van der Waals surface area contributed by atoms with Crippen LogP contribution in [0, 0.1) is 17.0 Å². The van der Waals surface area contributed by atoms with Crippen LogP contribution in [0.25, 0.3) is 0 Å². The van der Waals surface area contributed by atoms with Crippen LogP contribution < -0.4 is 15.4 Å². The lowest BCUT2D eigenvalue weighted by molar-refractivity contribution is -0.384. The van der Waals surface area contributed by atoms with Gasteiger partial charge in [-0.05, 0) is 30.7 Å². The minimum absolute atomic E-state index is 0.118. The minimum Gasteiger partial charge on any atom is -0.484 e. The number of non-ortho nitro benzene ring substituents is 1. The number of rotatable bonds is 6. The van der Waals surface area contributed by atoms with Crippen molar-refractivity contribution in [2.24, 2.45) is 0 Å². The fourth-order valence-electron chi connectivity index (χ4n) is 2.06. The highest BCUT2D eigenvalue weighted by atomic mass is 16.6. The maximum atomic E-state index is 12.0. The van der Waals surface area contributed by atoms with Crippen molar-refractivity contribution in [1.82, 2.24) is 5.32 Å². The molecule has 0 saturated heterocycles.